The van der Waals surface area contributed by atoms with E-state index in [2.05, 4.69) is 42.2 Å². The summed E-state index contributed by atoms with van der Waals surface area (Å²) in [4.78, 5) is 14.6. The highest BCUT2D eigenvalue weighted by Crippen LogP contribution is 2.26. The third-order valence-electron chi connectivity index (χ3n) is 5.37. The summed E-state index contributed by atoms with van der Waals surface area (Å²) in [6, 6.07) is 17.5. The molecule has 0 unspecified atom stereocenters. The molecule has 2 heterocycles. The SMILES string of the molecule is Cc1ccc(CN(C)C(=O)CSc2nnc(-c3ccc(Cl)cc3)n2Cc2ccco2)c(C)c1. The Balaban J connectivity index is 1.49. The van der Waals surface area contributed by atoms with Crippen LogP contribution in [0.1, 0.15) is 22.5 Å². The first-order valence-electron chi connectivity index (χ1n) is 10.5. The molecule has 33 heavy (non-hydrogen) atoms. The van der Waals surface area contributed by atoms with Gasteiger partial charge in [0.15, 0.2) is 11.0 Å². The highest BCUT2D eigenvalue weighted by atomic mass is 35.5. The van der Waals surface area contributed by atoms with E-state index in [-0.39, 0.29) is 11.7 Å². The average molecular weight is 481 g/mol. The van der Waals surface area contributed by atoms with Gasteiger partial charge in [-0.2, -0.15) is 0 Å². The highest BCUT2D eigenvalue weighted by Gasteiger charge is 2.18. The third kappa shape index (κ3) is 5.67. The molecule has 8 heteroatoms. The van der Waals surface area contributed by atoms with E-state index in [0.29, 0.717) is 29.1 Å². The number of hydrogen-bond acceptors (Lipinski definition) is 5. The Kier molecular flexibility index (Phi) is 7.20. The van der Waals surface area contributed by atoms with Crippen molar-refractivity contribution in [2.45, 2.75) is 32.1 Å². The second-order valence-electron chi connectivity index (χ2n) is 7.95. The molecule has 4 aromatic rings. The van der Waals surface area contributed by atoms with Gasteiger partial charge in [-0.25, -0.2) is 0 Å². The topological polar surface area (TPSA) is 64.2 Å². The van der Waals surface area contributed by atoms with Crippen molar-refractivity contribution in [1.82, 2.24) is 19.7 Å². The van der Waals surface area contributed by atoms with E-state index in [1.165, 1.54) is 22.9 Å². The molecule has 0 atom stereocenters. The molecule has 0 saturated carbocycles. The van der Waals surface area contributed by atoms with Gasteiger partial charge in [-0.1, -0.05) is 47.1 Å². The number of carbonyl (C=O) groups is 1. The Labute approximate surface area is 202 Å². The summed E-state index contributed by atoms with van der Waals surface area (Å²) in [7, 11) is 1.83. The van der Waals surface area contributed by atoms with Gasteiger partial charge < -0.3 is 9.32 Å². The van der Waals surface area contributed by atoms with Gasteiger partial charge in [-0.05, 0) is 61.4 Å². The van der Waals surface area contributed by atoms with Crippen LogP contribution in [0.25, 0.3) is 11.4 Å². The lowest BCUT2D eigenvalue weighted by Gasteiger charge is -2.18. The van der Waals surface area contributed by atoms with Gasteiger partial charge >= 0.3 is 0 Å². The van der Waals surface area contributed by atoms with Gasteiger partial charge in [-0.15, -0.1) is 10.2 Å². The Morgan fingerprint density at radius 2 is 1.91 bits per heavy atom. The zero-order chi connectivity index (χ0) is 23.4. The van der Waals surface area contributed by atoms with Crippen LogP contribution < -0.4 is 0 Å². The summed E-state index contributed by atoms with van der Waals surface area (Å²) in [6.07, 6.45) is 1.64. The van der Waals surface area contributed by atoms with Crippen LogP contribution in [-0.4, -0.2) is 38.4 Å². The number of benzene rings is 2. The van der Waals surface area contributed by atoms with Crippen LogP contribution in [0.5, 0.6) is 0 Å². The number of rotatable bonds is 8. The molecule has 0 spiro atoms. The average Bonchev–Trinajstić information content (AvgIpc) is 3.45. The summed E-state index contributed by atoms with van der Waals surface area (Å²) in [5.41, 5.74) is 4.44. The van der Waals surface area contributed by atoms with Crippen LogP contribution in [0.2, 0.25) is 5.02 Å². The molecule has 6 nitrogen and oxygen atoms in total. The zero-order valence-electron chi connectivity index (χ0n) is 18.8. The van der Waals surface area contributed by atoms with Crippen molar-refractivity contribution < 1.29 is 9.21 Å². The molecule has 170 valence electrons. The second kappa shape index (κ2) is 10.3. The van der Waals surface area contributed by atoms with Crippen LogP contribution in [0, 0.1) is 13.8 Å². The van der Waals surface area contributed by atoms with Crippen LogP contribution >= 0.6 is 23.4 Å². The maximum atomic E-state index is 12.9. The molecule has 0 aliphatic rings. The predicted octanol–water partition coefficient (Wildman–Crippen LogP) is 5.61. The molecule has 0 radical (unpaired) electrons. The first-order valence-corrected chi connectivity index (χ1v) is 11.9. The van der Waals surface area contributed by atoms with Crippen molar-refractivity contribution in [2.75, 3.05) is 12.8 Å². The minimum absolute atomic E-state index is 0.0283. The summed E-state index contributed by atoms with van der Waals surface area (Å²) >= 11 is 7.42. The lowest BCUT2D eigenvalue weighted by molar-refractivity contribution is -0.127. The molecule has 0 aliphatic carbocycles. The van der Waals surface area contributed by atoms with Gasteiger partial charge in [0, 0.05) is 24.2 Å². The van der Waals surface area contributed by atoms with E-state index >= 15 is 0 Å². The molecule has 4 rings (SSSR count). The van der Waals surface area contributed by atoms with E-state index in [9.17, 15) is 4.79 Å². The van der Waals surface area contributed by atoms with E-state index in [4.69, 9.17) is 16.0 Å². The van der Waals surface area contributed by atoms with E-state index < -0.39 is 0 Å². The Hall–Kier alpha value is -3.03. The quantitative estimate of drug-likeness (QED) is 0.307. The van der Waals surface area contributed by atoms with Crippen molar-refractivity contribution in [1.29, 1.82) is 0 Å². The van der Waals surface area contributed by atoms with E-state index in [1.54, 1.807) is 11.2 Å². The van der Waals surface area contributed by atoms with Gasteiger partial charge in [0.2, 0.25) is 5.91 Å². The highest BCUT2D eigenvalue weighted by molar-refractivity contribution is 7.99. The standard InChI is InChI=1S/C25H25ClN4O2S/c1-17-6-7-20(18(2)13-17)14-29(3)23(31)16-33-25-28-27-24(19-8-10-21(26)11-9-19)30(25)15-22-5-4-12-32-22/h4-13H,14-16H2,1-3H3. The van der Waals surface area contributed by atoms with Crippen LogP contribution in [0.15, 0.2) is 70.4 Å². The Bertz CT molecular complexity index is 1240. The number of halogens is 1. The van der Waals surface area contributed by atoms with Gasteiger partial charge in [0.1, 0.15) is 5.76 Å². The number of aromatic nitrogens is 3. The number of furan rings is 1. The lowest BCUT2D eigenvalue weighted by Crippen LogP contribution is -2.28. The number of carbonyl (C=O) groups excluding carboxylic acids is 1. The Morgan fingerprint density at radius 3 is 2.61 bits per heavy atom. The van der Waals surface area contributed by atoms with Crippen LogP contribution in [0.3, 0.4) is 0 Å². The fourth-order valence-electron chi connectivity index (χ4n) is 3.51. The molecule has 2 aromatic heterocycles. The Morgan fingerprint density at radius 1 is 1.12 bits per heavy atom. The maximum absolute atomic E-state index is 12.9. The van der Waals surface area contributed by atoms with Crippen molar-refractivity contribution in [3.05, 3.63) is 88.3 Å². The first-order chi connectivity index (χ1) is 15.9. The largest absolute Gasteiger partial charge is 0.467 e. The van der Waals surface area contributed by atoms with E-state index in [0.717, 1.165) is 16.9 Å². The maximum Gasteiger partial charge on any atom is 0.233 e. The zero-order valence-corrected chi connectivity index (χ0v) is 20.4. The molecular weight excluding hydrogens is 456 g/mol. The second-order valence-corrected chi connectivity index (χ2v) is 9.33. The monoisotopic (exact) mass is 480 g/mol. The van der Waals surface area contributed by atoms with Crippen molar-refractivity contribution in [3.63, 3.8) is 0 Å². The molecule has 0 bridgehead atoms. The molecule has 0 aliphatic heterocycles. The first kappa shape index (κ1) is 23.1. The molecule has 0 saturated heterocycles. The van der Waals surface area contributed by atoms with Crippen molar-refractivity contribution in [2.24, 2.45) is 0 Å². The smallest absolute Gasteiger partial charge is 0.233 e. The molecular formula is C25H25ClN4O2S. The third-order valence-corrected chi connectivity index (χ3v) is 6.57. The van der Waals surface area contributed by atoms with E-state index in [1.807, 2.05) is 48.0 Å². The number of aryl methyl sites for hydroxylation is 2. The molecule has 2 aromatic carbocycles. The minimum atomic E-state index is 0.0283. The van der Waals surface area contributed by atoms with Gasteiger partial charge in [0.05, 0.1) is 18.6 Å². The normalized spacial score (nSPS) is 11.0. The van der Waals surface area contributed by atoms with Gasteiger partial charge in [-0.3, -0.25) is 9.36 Å². The van der Waals surface area contributed by atoms with Crippen molar-refractivity contribution >= 4 is 29.3 Å². The van der Waals surface area contributed by atoms with Crippen LogP contribution in [-0.2, 0) is 17.9 Å². The molecule has 0 fully saturated rings. The summed E-state index contributed by atoms with van der Waals surface area (Å²) in [5.74, 6) is 1.77. The lowest BCUT2D eigenvalue weighted by atomic mass is 10.1. The fourth-order valence-corrected chi connectivity index (χ4v) is 4.52. The van der Waals surface area contributed by atoms with Gasteiger partial charge in [0.25, 0.3) is 0 Å². The summed E-state index contributed by atoms with van der Waals surface area (Å²) in [6.45, 7) is 5.18. The molecule has 1 amide bonds. The number of nitrogens with zero attached hydrogens (tertiary/aromatic N) is 4. The fraction of sp³-hybridized carbons (Fsp3) is 0.240. The van der Waals surface area contributed by atoms with Crippen LogP contribution in [0.4, 0.5) is 0 Å². The summed E-state index contributed by atoms with van der Waals surface area (Å²) in [5, 5.41) is 10.1. The molecule has 0 N–H and O–H groups in total. The number of amides is 1. The predicted molar refractivity (Wildman–Crippen MR) is 131 cm³/mol. The minimum Gasteiger partial charge on any atom is -0.467 e. The summed E-state index contributed by atoms with van der Waals surface area (Å²) < 4.78 is 7.50. The van der Waals surface area contributed by atoms with Crippen molar-refractivity contribution in [3.8, 4) is 11.4 Å². The number of hydrogen-bond donors (Lipinski definition) is 0. The number of thioether (sulfide) groups is 1.